The zero-order valence-corrected chi connectivity index (χ0v) is 12.6. The van der Waals surface area contributed by atoms with Gasteiger partial charge in [-0.2, -0.15) is 0 Å². The van der Waals surface area contributed by atoms with E-state index in [1.807, 2.05) is 7.05 Å². The van der Waals surface area contributed by atoms with Gasteiger partial charge in [0.25, 0.3) is 0 Å². The molecule has 2 saturated heterocycles. The van der Waals surface area contributed by atoms with Gasteiger partial charge in [0.15, 0.2) is 0 Å². The maximum absolute atomic E-state index is 5.92. The molecule has 2 aliphatic heterocycles. The van der Waals surface area contributed by atoms with Gasteiger partial charge in [0, 0.05) is 52.3 Å². The zero-order chi connectivity index (χ0) is 14.5. The number of hydrogen-bond acceptors (Lipinski definition) is 6. The van der Waals surface area contributed by atoms with Gasteiger partial charge < -0.3 is 14.8 Å². The molecule has 2 aliphatic rings. The summed E-state index contributed by atoms with van der Waals surface area (Å²) in [5.74, 6) is 1.57. The number of rotatable bonds is 4. The van der Waals surface area contributed by atoms with Gasteiger partial charge in [-0.25, -0.2) is 4.98 Å². The maximum Gasteiger partial charge on any atom is 0.150 e. The minimum atomic E-state index is 0.00902. The van der Waals surface area contributed by atoms with E-state index < -0.39 is 0 Å². The molecule has 6 nitrogen and oxygen atoms in total. The molecule has 0 bridgehead atoms. The molecule has 1 atom stereocenters. The average Bonchev–Trinajstić information content (AvgIpc) is 2.56. The molecule has 6 heteroatoms. The van der Waals surface area contributed by atoms with Gasteiger partial charge in [-0.1, -0.05) is 0 Å². The second-order valence-corrected chi connectivity index (χ2v) is 5.71. The highest BCUT2D eigenvalue weighted by molar-refractivity contribution is 5.40. The quantitative estimate of drug-likeness (QED) is 0.903. The molecule has 21 heavy (non-hydrogen) atoms. The predicted molar refractivity (Wildman–Crippen MR) is 80.3 cm³/mol. The number of nitrogens with one attached hydrogen (secondary N) is 1. The van der Waals surface area contributed by atoms with Crippen LogP contribution in [0.2, 0.25) is 0 Å². The maximum atomic E-state index is 5.92. The summed E-state index contributed by atoms with van der Waals surface area (Å²) in [5, 5.41) is 3.10. The average molecular weight is 292 g/mol. The standard InChI is InChI=1S/C15H24N4O2/c1-16-15-14(17-4-5-18-15)13-11-19(6-9-21-13)10-12-2-7-20-8-3-12/h4-5,12-13H,2-3,6-11H2,1H3,(H,16,18)/t13-/m1/s1. The Hall–Kier alpha value is -1.24. The van der Waals surface area contributed by atoms with E-state index in [0.29, 0.717) is 0 Å². The SMILES string of the molecule is CNc1nccnc1[C@H]1CN(CC2CCOCC2)CCO1. The third-order valence-electron chi connectivity index (χ3n) is 4.28. The van der Waals surface area contributed by atoms with Gasteiger partial charge in [-0.05, 0) is 18.8 Å². The fourth-order valence-corrected chi connectivity index (χ4v) is 3.10. The summed E-state index contributed by atoms with van der Waals surface area (Å²) < 4.78 is 11.4. The Morgan fingerprint density at radius 3 is 2.86 bits per heavy atom. The second-order valence-electron chi connectivity index (χ2n) is 5.71. The molecule has 0 aromatic carbocycles. The van der Waals surface area contributed by atoms with E-state index in [9.17, 15) is 0 Å². The molecule has 116 valence electrons. The van der Waals surface area contributed by atoms with Gasteiger partial charge in [0.2, 0.25) is 0 Å². The Morgan fingerprint density at radius 2 is 2.05 bits per heavy atom. The number of anilines is 1. The van der Waals surface area contributed by atoms with Crippen molar-refractivity contribution < 1.29 is 9.47 Å². The van der Waals surface area contributed by atoms with Crippen LogP contribution in [0.3, 0.4) is 0 Å². The van der Waals surface area contributed by atoms with Crippen molar-refractivity contribution in [3.63, 3.8) is 0 Å². The molecule has 0 radical (unpaired) electrons. The lowest BCUT2D eigenvalue weighted by molar-refractivity contribution is -0.0427. The van der Waals surface area contributed by atoms with Gasteiger partial charge in [0.05, 0.1) is 6.61 Å². The van der Waals surface area contributed by atoms with Crippen molar-refractivity contribution in [2.45, 2.75) is 18.9 Å². The van der Waals surface area contributed by atoms with Crippen molar-refractivity contribution in [3.8, 4) is 0 Å². The number of nitrogens with zero attached hydrogens (tertiary/aromatic N) is 3. The summed E-state index contributed by atoms with van der Waals surface area (Å²) >= 11 is 0. The monoisotopic (exact) mass is 292 g/mol. The fourth-order valence-electron chi connectivity index (χ4n) is 3.10. The molecular weight excluding hydrogens is 268 g/mol. The number of morpholine rings is 1. The smallest absolute Gasteiger partial charge is 0.150 e. The lowest BCUT2D eigenvalue weighted by Crippen LogP contribution is -2.42. The van der Waals surface area contributed by atoms with Gasteiger partial charge in [-0.3, -0.25) is 9.88 Å². The zero-order valence-electron chi connectivity index (χ0n) is 12.6. The normalized spacial score (nSPS) is 24.9. The molecule has 2 fully saturated rings. The van der Waals surface area contributed by atoms with Crippen molar-refractivity contribution in [2.24, 2.45) is 5.92 Å². The van der Waals surface area contributed by atoms with Gasteiger partial charge >= 0.3 is 0 Å². The first-order valence-electron chi connectivity index (χ1n) is 7.77. The largest absolute Gasteiger partial charge is 0.381 e. The van der Waals surface area contributed by atoms with Gasteiger partial charge in [-0.15, -0.1) is 0 Å². The molecule has 0 amide bonds. The van der Waals surface area contributed by atoms with E-state index in [2.05, 4.69) is 20.2 Å². The third kappa shape index (κ3) is 3.70. The lowest BCUT2D eigenvalue weighted by atomic mass is 9.99. The van der Waals surface area contributed by atoms with Crippen molar-refractivity contribution in [1.82, 2.24) is 14.9 Å². The molecule has 3 heterocycles. The van der Waals surface area contributed by atoms with Gasteiger partial charge in [0.1, 0.15) is 17.6 Å². The second kappa shape index (κ2) is 7.15. The van der Waals surface area contributed by atoms with E-state index in [4.69, 9.17) is 9.47 Å². The molecular formula is C15H24N4O2. The predicted octanol–water partition coefficient (Wildman–Crippen LogP) is 1.32. The molecule has 0 spiro atoms. The minimum Gasteiger partial charge on any atom is -0.381 e. The first-order chi connectivity index (χ1) is 10.4. The van der Waals surface area contributed by atoms with E-state index in [1.54, 1.807) is 12.4 Å². The van der Waals surface area contributed by atoms with Crippen LogP contribution in [0.5, 0.6) is 0 Å². The Kier molecular flexibility index (Phi) is 5.00. The topological polar surface area (TPSA) is 59.5 Å². The molecule has 1 aromatic heterocycles. The molecule has 3 rings (SSSR count). The fraction of sp³-hybridized carbons (Fsp3) is 0.733. The summed E-state index contributed by atoms with van der Waals surface area (Å²) in [4.78, 5) is 11.3. The van der Waals surface area contributed by atoms with Crippen molar-refractivity contribution >= 4 is 5.82 Å². The van der Waals surface area contributed by atoms with Crippen LogP contribution in [0.1, 0.15) is 24.6 Å². The number of aromatic nitrogens is 2. The molecule has 0 saturated carbocycles. The van der Waals surface area contributed by atoms with Crippen LogP contribution in [0, 0.1) is 5.92 Å². The van der Waals surface area contributed by atoms with Crippen molar-refractivity contribution in [3.05, 3.63) is 18.1 Å². The highest BCUT2D eigenvalue weighted by Crippen LogP contribution is 2.26. The summed E-state index contributed by atoms with van der Waals surface area (Å²) in [6.45, 7) is 5.61. The third-order valence-corrected chi connectivity index (χ3v) is 4.28. The summed E-state index contributed by atoms with van der Waals surface area (Å²) in [6, 6.07) is 0. The van der Waals surface area contributed by atoms with E-state index in [-0.39, 0.29) is 6.10 Å². The highest BCUT2D eigenvalue weighted by Gasteiger charge is 2.27. The van der Waals surface area contributed by atoms with Crippen molar-refractivity contribution in [1.29, 1.82) is 0 Å². The van der Waals surface area contributed by atoms with Crippen LogP contribution in [0.15, 0.2) is 12.4 Å². The Labute approximate surface area is 125 Å². The molecule has 0 unspecified atom stereocenters. The van der Waals surface area contributed by atoms with Crippen LogP contribution in [-0.2, 0) is 9.47 Å². The summed E-state index contributed by atoms with van der Waals surface area (Å²) in [6.07, 6.45) is 5.80. The lowest BCUT2D eigenvalue weighted by Gasteiger charge is -2.36. The molecule has 0 aliphatic carbocycles. The van der Waals surface area contributed by atoms with Crippen LogP contribution >= 0.6 is 0 Å². The van der Waals surface area contributed by atoms with E-state index in [1.165, 1.54) is 12.8 Å². The summed E-state index contributed by atoms with van der Waals surface area (Å²) in [7, 11) is 1.87. The Bertz CT molecular complexity index is 451. The van der Waals surface area contributed by atoms with Crippen molar-refractivity contribution in [2.75, 3.05) is 51.8 Å². The minimum absolute atomic E-state index is 0.00902. The summed E-state index contributed by atoms with van der Waals surface area (Å²) in [5.41, 5.74) is 0.914. The van der Waals surface area contributed by atoms with Crippen LogP contribution < -0.4 is 5.32 Å². The molecule has 1 aromatic rings. The van der Waals surface area contributed by atoms with E-state index in [0.717, 1.165) is 56.9 Å². The van der Waals surface area contributed by atoms with Crippen LogP contribution in [0.4, 0.5) is 5.82 Å². The van der Waals surface area contributed by atoms with E-state index >= 15 is 0 Å². The Morgan fingerprint density at radius 1 is 1.24 bits per heavy atom. The molecule has 1 N–H and O–H groups in total. The van der Waals surface area contributed by atoms with Crippen LogP contribution in [0.25, 0.3) is 0 Å². The number of ether oxygens (including phenoxy) is 2. The first kappa shape index (κ1) is 14.7. The highest BCUT2D eigenvalue weighted by atomic mass is 16.5. The number of hydrogen-bond donors (Lipinski definition) is 1. The first-order valence-corrected chi connectivity index (χ1v) is 7.77. The Balaban J connectivity index is 1.62. The van der Waals surface area contributed by atoms with Crippen LogP contribution in [-0.4, -0.2) is 61.4 Å².